The van der Waals surface area contributed by atoms with Gasteiger partial charge in [0.25, 0.3) is 0 Å². The number of hydrogen-bond donors (Lipinski definition) is 0. The van der Waals surface area contributed by atoms with Crippen molar-refractivity contribution >= 4 is 23.3 Å². The van der Waals surface area contributed by atoms with Gasteiger partial charge < -0.3 is 14.0 Å². The van der Waals surface area contributed by atoms with Gasteiger partial charge in [-0.05, 0) is 34.9 Å². The van der Waals surface area contributed by atoms with Gasteiger partial charge in [-0.25, -0.2) is 9.38 Å². The second-order valence-corrected chi connectivity index (χ2v) is 7.38. The first-order valence-corrected chi connectivity index (χ1v) is 9.49. The highest BCUT2D eigenvalue weighted by molar-refractivity contribution is 6.30. The number of allylic oxidation sites excluding steroid dienone is 2. The Morgan fingerprint density at radius 2 is 2.17 bits per heavy atom. The van der Waals surface area contributed by atoms with Gasteiger partial charge in [-0.3, -0.25) is 4.79 Å². The van der Waals surface area contributed by atoms with E-state index in [0.29, 0.717) is 19.8 Å². The SMILES string of the molecule is COc1cn(Cc2ccc(F)c(Cl)c2)c(/N=C2/C=C3COCC3=CC2C)nc1=O. The van der Waals surface area contributed by atoms with Crippen LogP contribution in [0.5, 0.6) is 5.75 Å². The lowest BCUT2D eigenvalue weighted by molar-refractivity contribution is 0.215. The molecule has 2 heterocycles. The van der Waals surface area contributed by atoms with Crippen LogP contribution in [0.3, 0.4) is 0 Å². The Morgan fingerprint density at radius 1 is 1.38 bits per heavy atom. The minimum absolute atomic E-state index is 0.0286. The maximum Gasteiger partial charge on any atom is 0.316 e. The molecule has 4 rings (SSSR count). The van der Waals surface area contributed by atoms with Crippen LogP contribution in [-0.4, -0.2) is 35.6 Å². The van der Waals surface area contributed by atoms with E-state index in [1.807, 2.05) is 13.0 Å². The van der Waals surface area contributed by atoms with Crippen molar-refractivity contribution in [1.82, 2.24) is 9.55 Å². The van der Waals surface area contributed by atoms with Crippen molar-refractivity contribution in [2.75, 3.05) is 20.3 Å². The van der Waals surface area contributed by atoms with Crippen LogP contribution >= 0.6 is 11.6 Å². The van der Waals surface area contributed by atoms with E-state index in [-0.39, 0.29) is 22.6 Å². The molecule has 1 aromatic carbocycles. The highest BCUT2D eigenvalue weighted by Gasteiger charge is 2.23. The summed E-state index contributed by atoms with van der Waals surface area (Å²) in [5.41, 5.74) is 3.30. The Morgan fingerprint density at radius 3 is 2.93 bits per heavy atom. The second kappa shape index (κ2) is 7.93. The van der Waals surface area contributed by atoms with Crippen LogP contribution in [0.1, 0.15) is 12.5 Å². The van der Waals surface area contributed by atoms with Crippen molar-refractivity contribution < 1.29 is 13.9 Å². The molecule has 1 aliphatic heterocycles. The molecule has 29 heavy (non-hydrogen) atoms. The van der Waals surface area contributed by atoms with Gasteiger partial charge in [-0.15, -0.1) is 0 Å². The van der Waals surface area contributed by atoms with Gasteiger partial charge in [-0.1, -0.05) is 30.7 Å². The molecular weight excluding hydrogens is 397 g/mol. The van der Waals surface area contributed by atoms with Crippen LogP contribution in [-0.2, 0) is 11.3 Å². The Bertz CT molecular complexity index is 1120. The normalized spacial score (nSPS) is 19.7. The average Bonchev–Trinajstić information content (AvgIpc) is 3.14. The zero-order chi connectivity index (χ0) is 20.5. The third-order valence-corrected chi connectivity index (χ3v) is 5.19. The van der Waals surface area contributed by atoms with E-state index in [2.05, 4.69) is 16.1 Å². The van der Waals surface area contributed by atoms with Gasteiger partial charge in [0.1, 0.15) is 5.82 Å². The van der Waals surface area contributed by atoms with E-state index in [1.165, 1.54) is 24.8 Å². The molecule has 1 aliphatic carbocycles. The monoisotopic (exact) mass is 415 g/mol. The van der Waals surface area contributed by atoms with Gasteiger partial charge in [0.2, 0.25) is 11.7 Å². The molecule has 0 saturated carbocycles. The molecule has 1 fully saturated rings. The first-order chi connectivity index (χ1) is 13.9. The lowest BCUT2D eigenvalue weighted by atomic mass is 9.92. The van der Waals surface area contributed by atoms with Crippen molar-refractivity contribution in [1.29, 1.82) is 0 Å². The number of fused-ring (bicyclic) bond motifs is 1. The number of hydrogen-bond acceptors (Lipinski definition) is 5. The summed E-state index contributed by atoms with van der Waals surface area (Å²) in [5.74, 6) is -0.0898. The Balaban J connectivity index is 1.76. The summed E-state index contributed by atoms with van der Waals surface area (Å²) in [6.45, 7) is 3.49. The number of halogens is 2. The Labute approximate surface area is 172 Å². The van der Waals surface area contributed by atoms with Gasteiger partial charge in [0, 0.05) is 5.92 Å². The number of ether oxygens (including phenoxy) is 2. The first-order valence-electron chi connectivity index (χ1n) is 9.12. The molecule has 0 radical (unpaired) electrons. The second-order valence-electron chi connectivity index (χ2n) is 6.97. The highest BCUT2D eigenvalue weighted by atomic mass is 35.5. The molecule has 6 nitrogen and oxygen atoms in total. The van der Waals surface area contributed by atoms with Crippen molar-refractivity contribution in [3.05, 3.63) is 74.5 Å². The van der Waals surface area contributed by atoms with Crippen LogP contribution < -0.4 is 10.3 Å². The zero-order valence-corrected chi connectivity index (χ0v) is 16.7. The van der Waals surface area contributed by atoms with Crippen LogP contribution in [0.15, 0.2) is 57.5 Å². The van der Waals surface area contributed by atoms with E-state index < -0.39 is 11.4 Å². The van der Waals surface area contributed by atoms with Crippen LogP contribution in [0.2, 0.25) is 5.02 Å². The number of nitrogens with zero attached hydrogens (tertiary/aromatic N) is 3. The van der Waals surface area contributed by atoms with Crippen molar-refractivity contribution in [2.24, 2.45) is 10.9 Å². The quantitative estimate of drug-likeness (QED) is 0.763. The lowest BCUT2D eigenvalue weighted by Crippen LogP contribution is -2.17. The number of rotatable bonds is 4. The van der Waals surface area contributed by atoms with Gasteiger partial charge >= 0.3 is 5.56 Å². The topological polar surface area (TPSA) is 65.7 Å². The summed E-state index contributed by atoms with van der Waals surface area (Å²) < 4.78 is 25.8. The predicted octanol–water partition coefficient (Wildman–Crippen LogP) is 3.70. The average molecular weight is 416 g/mol. The molecule has 1 atom stereocenters. The van der Waals surface area contributed by atoms with E-state index in [0.717, 1.165) is 16.8 Å². The van der Waals surface area contributed by atoms with Crippen molar-refractivity contribution in [3.63, 3.8) is 0 Å². The third kappa shape index (κ3) is 4.02. The molecule has 2 aromatic rings. The molecular formula is C21H19ClFN3O3. The molecule has 150 valence electrons. The van der Waals surface area contributed by atoms with Gasteiger partial charge in [0.05, 0.1) is 43.8 Å². The number of aromatic nitrogens is 2. The van der Waals surface area contributed by atoms with Crippen LogP contribution in [0, 0.1) is 11.7 Å². The maximum atomic E-state index is 13.5. The third-order valence-electron chi connectivity index (χ3n) is 4.90. The minimum atomic E-state index is -0.503. The van der Waals surface area contributed by atoms with Crippen LogP contribution in [0.25, 0.3) is 0 Å². The molecule has 0 spiro atoms. The van der Waals surface area contributed by atoms with Gasteiger partial charge in [-0.2, -0.15) is 4.98 Å². The molecule has 1 saturated heterocycles. The van der Waals surface area contributed by atoms with E-state index in [1.54, 1.807) is 16.8 Å². The van der Waals surface area contributed by atoms with Crippen molar-refractivity contribution in [2.45, 2.75) is 13.5 Å². The molecule has 1 unspecified atom stereocenters. The summed E-state index contributed by atoms with van der Waals surface area (Å²) in [5, 5.41) is 0.0286. The number of benzene rings is 1. The van der Waals surface area contributed by atoms with E-state index >= 15 is 0 Å². The molecule has 0 amide bonds. The fraction of sp³-hybridized carbons (Fsp3) is 0.286. The molecule has 2 aliphatic rings. The van der Waals surface area contributed by atoms with E-state index in [4.69, 9.17) is 21.1 Å². The zero-order valence-electron chi connectivity index (χ0n) is 16.0. The van der Waals surface area contributed by atoms with Gasteiger partial charge in [0.15, 0.2) is 0 Å². The number of methoxy groups -OCH3 is 1. The fourth-order valence-electron chi connectivity index (χ4n) is 3.34. The fourth-order valence-corrected chi connectivity index (χ4v) is 3.54. The largest absolute Gasteiger partial charge is 0.490 e. The molecule has 8 heteroatoms. The summed E-state index contributed by atoms with van der Waals surface area (Å²) >= 11 is 5.90. The smallest absolute Gasteiger partial charge is 0.316 e. The molecule has 0 N–H and O–H groups in total. The Kier molecular flexibility index (Phi) is 5.34. The minimum Gasteiger partial charge on any atom is -0.490 e. The first kappa shape index (κ1) is 19.5. The maximum absolute atomic E-state index is 13.5. The van der Waals surface area contributed by atoms with E-state index in [9.17, 15) is 9.18 Å². The lowest BCUT2D eigenvalue weighted by Gasteiger charge is -2.17. The standard InChI is InChI=1S/C21H19ClFN3O3/c1-12-5-14-10-29-11-15(14)7-18(12)24-21-25-20(27)19(28-2)9-26(21)8-13-3-4-17(23)16(22)6-13/h3-7,9,12H,8,10-11H2,1-2H3/b24-18-. The van der Waals surface area contributed by atoms with Crippen LogP contribution in [0.4, 0.5) is 10.3 Å². The summed E-state index contributed by atoms with van der Waals surface area (Å²) in [6.07, 6.45) is 5.65. The highest BCUT2D eigenvalue weighted by Crippen LogP contribution is 2.28. The summed E-state index contributed by atoms with van der Waals surface area (Å²) in [7, 11) is 1.41. The van der Waals surface area contributed by atoms with Crippen molar-refractivity contribution in [3.8, 4) is 5.75 Å². The Hall–Kier alpha value is -2.77. The summed E-state index contributed by atoms with van der Waals surface area (Å²) in [6, 6.07) is 4.46. The molecule has 0 bridgehead atoms. The molecule has 1 aromatic heterocycles. The summed E-state index contributed by atoms with van der Waals surface area (Å²) in [4.78, 5) is 21.0. The number of aliphatic imine (C=N–C) groups is 1. The predicted molar refractivity (Wildman–Crippen MR) is 109 cm³/mol.